The van der Waals surface area contributed by atoms with Gasteiger partial charge in [-0.25, -0.2) is 24.1 Å². The van der Waals surface area contributed by atoms with E-state index in [1.807, 2.05) is 29.7 Å². The van der Waals surface area contributed by atoms with Gasteiger partial charge in [0.1, 0.15) is 27.6 Å². The first-order valence-electron chi connectivity index (χ1n) is 13.4. The maximum atomic E-state index is 15.7. The van der Waals surface area contributed by atoms with E-state index in [0.29, 0.717) is 57.1 Å². The normalized spacial score (nSPS) is 16.3. The summed E-state index contributed by atoms with van der Waals surface area (Å²) in [6, 6.07) is 13.5. The number of aromatic carboxylic acids is 1. The van der Waals surface area contributed by atoms with E-state index in [4.69, 9.17) is 26.1 Å². The van der Waals surface area contributed by atoms with Crippen molar-refractivity contribution < 1.29 is 23.8 Å². The molecule has 216 valence electrons. The number of benzene rings is 2. The fourth-order valence-electron chi connectivity index (χ4n) is 5.39. The lowest BCUT2D eigenvalue weighted by molar-refractivity contribution is 0.0697. The first kappa shape index (κ1) is 28.3. The van der Waals surface area contributed by atoms with Gasteiger partial charge in [-0.15, -0.1) is 11.3 Å². The molecule has 1 N–H and O–H groups in total. The Morgan fingerprint density at radius 1 is 1.24 bits per heavy atom. The van der Waals surface area contributed by atoms with Gasteiger partial charge in [-0.1, -0.05) is 37.6 Å². The molecule has 1 unspecified atom stereocenters. The van der Waals surface area contributed by atoms with Crippen LogP contribution in [0.15, 0.2) is 54.7 Å². The van der Waals surface area contributed by atoms with Gasteiger partial charge >= 0.3 is 5.97 Å². The van der Waals surface area contributed by atoms with Gasteiger partial charge in [0.05, 0.1) is 47.7 Å². The van der Waals surface area contributed by atoms with Crippen LogP contribution in [0.3, 0.4) is 0 Å². The highest BCUT2D eigenvalue weighted by Crippen LogP contribution is 2.40. The molecule has 8 nitrogen and oxygen atoms in total. The SMILES string of the molecule is Cc1cc(Cc2nc3ccc(C(=O)O)cc3n2C2COCC2(C)C)c(F)cc1-c1cccc(OCc2ncc(Cl)s2)n1. The maximum Gasteiger partial charge on any atom is 0.335 e. The summed E-state index contributed by atoms with van der Waals surface area (Å²) in [5, 5.41) is 10.3. The van der Waals surface area contributed by atoms with E-state index in [1.165, 1.54) is 17.4 Å². The largest absolute Gasteiger partial charge is 0.478 e. The molecule has 0 aliphatic carbocycles. The Labute approximate surface area is 250 Å². The molecule has 0 amide bonds. The standard InChI is InChI=1S/C31H28ClFN4O4S/c1-17-9-19(21(33)12-20(17)22-5-4-6-28(36-22)41-15-29-34-13-26(32)42-29)11-27-35-23-8-7-18(30(38)39)10-24(23)37(27)25-14-40-16-31(25,2)3/h4-10,12-13,25H,11,14-16H2,1-3H3,(H,38,39). The lowest BCUT2D eigenvalue weighted by Gasteiger charge is -2.28. The van der Waals surface area contributed by atoms with Crippen LogP contribution in [0, 0.1) is 18.2 Å². The Morgan fingerprint density at radius 2 is 2.07 bits per heavy atom. The highest BCUT2D eigenvalue weighted by molar-refractivity contribution is 7.15. The third-order valence-corrected chi connectivity index (χ3v) is 8.67. The van der Waals surface area contributed by atoms with Gasteiger partial charge < -0.3 is 19.1 Å². The number of pyridine rings is 1. The number of imidazole rings is 1. The number of ether oxygens (including phenoxy) is 2. The smallest absolute Gasteiger partial charge is 0.335 e. The first-order chi connectivity index (χ1) is 20.1. The van der Waals surface area contributed by atoms with Crippen LogP contribution in [0.4, 0.5) is 4.39 Å². The topological polar surface area (TPSA) is 99.4 Å². The zero-order valence-electron chi connectivity index (χ0n) is 23.2. The number of hydrogen-bond acceptors (Lipinski definition) is 7. The zero-order valence-corrected chi connectivity index (χ0v) is 24.8. The van der Waals surface area contributed by atoms with Gasteiger partial charge in [-0.2, -0.15) is 0 Å². The number of nitrogens with zero attached hydrogens (tertiary/aromatic N) is 4. The molecule has 0 radical (unpaired) electrons. The van der Waals surface area contributed by atoms with Crippen LogP contribution >= 0.6 is 22.9 Å². The lowest BCUT2D eigenvalue weighted by Crippen LogP contribution is -2.27. The van der Waals surface area contributed by atoms with E-state index in [-0.39, 0.29) is 35.9 Å². The predicted octanol–water partition coefficient (Wildman–Crippen LogP) is 7.12. The predicted molar refractivity (Wildman–Crippen MR) is 159 cm³/mol. The number of carboxylic acid groups (broad SMARTS) is 1. The molecule has 5 aromatic rings. The second-order valence-corrected chi connectivity index (χ2v) is 12.8. The van der Waals surface area contributed by atoms with Crippen molar-refractivity contribution in [3.63, 3.8) is 0 Å². The fraction of sp³-hybridized carbons (Fsp3) is 0.290. The highest BCUT2D eigenvalue weighted by Gasteiger charge is 2.39. The second kappa shape index (κ2) is 11.1. The molecule has 1 saturated heterocycles. The third kappa shape index (κ3) is 5.49. The second-order valence-electron chi connectivity index (χ2n) is 11.1. The number of carbonyl (C=O) groups is 1. The average Bonchev–Trinajstić information content (AvgIpc) is 3.64. The highest BCUT2D eigenvalue weighted by atomic mass is 35.5. The summed E-state index contributed by atoms with van der Waals surface area (Å²) < 4.78 is 30.0. The van der Waals surface area contributed by atoms with Gasteiger partial charge in [-0.05, 0) is 48.4 Å². The molecule has 4 heterocycles. The monoisotopic (exact) mass is 606 g/mol. The fourth-order valence-corrected chi connectivity index (χ4v) is 6.26. The van der Waals surface area contributed by atoms with Crippen LogP contribution in [0.5, 0.6) is 5.88 Å². The molecule has 0 bridgehead atoms. The summed E-state index contributed by atoms with van der Waals surface area (Å²) in [4.78, 5) is 25.3. The molecule has 11 heteroatoms. The molecule has 0 saturated carbocycles. The molecule has 1 aliphatic rings. The molecule has 0 spiro atoms. The third-order valence-electron chi connectivity index (χ3n) is 7.58. The summed E-state index contributed by atoms with van der Waals surface area (Å²) >= 11 is 7.29. The number of halogens is 2. The Morgan fingerprint density at radius 3 is 2.79 bits per heavy atom. The number of thiazole rings is 1. The molecule has 1 aliphatic heterocycles. The van der Waals surface area contributed by atoms with Crippen molar-refractivity contribution in [2.75, 3.05) is 13.2 Å². The van der Waals surface area contributed by atoms with Crippen molar-refractivity contribution in [3.05, 3.63) is 92.4 Å². The summed E-state index contributed by atoms with van der Waals surface area (Å²) in [7, 11) is 0. The van der Waals surface area contributed by atoms with E-state index < -0.39 is 5.97 Å². The number of fused-ring (bicyclic) bond motifs is 1. The quantitative estimate of drug-likeness (QED) is 0.201. The van der Waals surface area contributed by atoms with Gasteiger partial charge in [0, 0.05) is 23.5 Å². The molecular formula is C31H28ClFN4O4S. The minimum atomic E-state index is -1.01. The Bertz CT molecular complexity index is 1820. The molecule has 2 aromatic carbocycles. The summed E-state index contributed by atoms with van der Waals surface area (Å²) in [6.07, 6.45) is 1.80. The van der Waals surface area contributed by atoms with E-state index in [1.54, 1.807) is 30.5 Å². The van der Waals surface area contributed by atoms with Crippen LogP contribution in [-0.2, 0) is 17.8 Å². The van der Waals surface area contributed by atoms with Crippen molar-refractivity contribution in [2.24, 2.45) is 5.41 Å². The van der Waals surface area contributed by atoms with Crippen LogP contribution in [0.25, 0.3) is 22.3 Å². The molecule has 6 rings (SSSR count). The zero-order chi connectivity index (χ0) is 29.6. The van der Waals surface area contributed by atoms with Gasteiger partial charge in [-0.3, -0.25) is 0 Å². The van der Waals surface area contributed by atoms with Crippen LogP contribution in [-0.4, -0.2) is 43.8 Å². The molecule has 42 heavy (non-hydrogen) atoms. The van der Waals surface area contributed by atoms with E-state index in [0.717, 1.165) is 10.6 Å². The number of rotatable bonds is 8. The number of carboxylic acids is 1. The Hall–Kier alpha value is -3.86. The van der Waals surface area contributed by atoms with Gasteiger partial charge in [0.25, 0.3) is 0 Å². The minimum absolute atomic E-state index is 0.0858. The maximum absolute atomic E-state index is 15.7. The van der Waals surface area contributed by atoms with Crippen LogP contribution in [0.1, 0.15) is 52.2 Å². The van der Waals surface area contributed by atoms with Crippen molar-refractivity contribution in [1.82, 2.24) is 19.5 Å². The number of aryl methyl sites for hydroxylation is 1. The number of hydrogen-bond donors (Lipinski definition) is 1. The molecule has 1 atom stereocenters. The summed E-state index contributed by atoms with van der Waals surface area (Å²) in [5.41, 5.74) is 3.89. The van der Waals surface area contributed by atoms with Crippen molar-refractivity contribution >= 4 is 39.9 Å². The van der Waals surface area contributed by atoms with Gasteiger partial charge in [0.2, 0.25) is 5.88 Å². The van der Waals surface area contributed by atoms with Crippen molar-refractivity contribution in [1.29, 1.82) is 0 Å². The van der Waals surface area contributed by atoms with E-state index >= 15 is 4.39 Å². The van der Waals surface area contributed by atoms with Gasteiger partial charge in [0.15, 0.2) is 0 Å². The molecule has 3 aromatic heterocycles. The average molecular weight is 607 g/mol. The number of aromatic nitrogens is 4. The molecular weight excluding hydrogens is 579 g/mol. The summed E-state index contributed by atoms with van der Waals surface area (Å²) in [5.74, 6) is -0.342. The first-order valence-corrected chi connectivity index (χ1v) is 14.6. The Kier molecular flexibility index (Phi) is 7.46. The Balaban J connectivity index is 1.33. The van der Waals surface area contributed by atoms with E-state index in [2.05, 4.69) is 23.8 Å². The van der Waals surface area contributed by atoms with Crippen LogP contribution < -0.4 is 4.74 Å². The molecule has 1 fully saturated rings. The van der Waals surface area contributed by atoms with Crippen molar-refractivity contribution in [3.8, 4) is 17.1 Å². The van der Waals surface area contributed by atoms with E-state index in [9.17, 15) is 9.90 Å². The minimum Gasteiger partial charge on any atom is -0.478 e. The lowest BCUT2D eigenvalue weighted by atomic mass is 9.87. The van der Waals surface area contributed by atoms with Crippen molar-refractivity contribution in [2.45, 2.75) is 39.8 Å². The summed E-state index contributed by atoms with van der Waals surface area (Å²) in [6.45, 7) is 7.39. The van der Waals surface area contributed by atoms with Crippen LogP contribution in [0.2, 0.25) is 4.34 Å².